The van der Waals surface area contributed by atoms with E-state index in [0.29, 0.717) is 17.6 Å². The van der Waals surface area contributed by atoms with Crippen LogP contribution in [0.15, 0.2) is 30.6 Å². The Balaban J connectivity index is 2.06. The normalized spacial score (nSPS) is 13.9. The van der Waals surface area contributed by atoms with Gasteiger partial charge in [-0.15, -0.1) is 0 Å². The van der Waals surface area contributed by atoms with Crippen molar-refractivity contribution in [2.45, 2.75) is 25.6 Å². The van der Waals surface area contributed by atoms with Crippen molar-refractivity contribution >= 4 is 16.9 Å². The van der Waals surface area contributed by atoms with E-state index < -0.39 is 12.2 Å². The number of rotatable bonds is 5. The summed E-state index contributed by atoms with van der Waals surface area (Å²) in [4.78, 5) is 19.0. The molecule has 0 fully saturated rings. The number of aromatic nitrogens is 2. The van der Waals surface area contributed by atoms with Gasteiger partial charge in [0.25, 0.3) is 0 Å². The molecule has 0 aliphatic heterocycles. The molecule has 2 aromatic rings. The quantitative estimate of drug-likeness (QED) is 0.740. The van der Waals surface area contributed by atoms with Crippen molar-refractivity contribution in [1.29, 1.82) is 0 Å². The Hall–Kier alpha value is -2.05. The second-order valence-electron chi connectivity index (χ2n) is 4.59. The number of nitrogens with zero attached hydrogens (tertiary/aromatic N) is 2. The highest BCUT2D eigenvalue weighted by molar-refractivity contribution is 5.74. The van der Waals surface area contributed by atoms with Gasteiger partial charge in [-0.3, -0.25) is 14.8 Å². The SMILES string of the molecule is CC(=O)NCCC(O)C(O)c1ccc2nccnc2c1. The lowest BCUT2D eigenvalue weighted by atomic mass is 10.0. The van der Waals surface area contributed by atoms with Gasteiger partial charge in [-0.2, -0.15) is 0 Å². The van der Waals surface area contributed by atoms with E-state index in [0.717, 1.165) is 5.52 Å². The van der Waals surface area contributed by atoms with Gasteiger partial charge in [-0.1, -0.05) is 6.07 Å². The van der Waals surface area contributed by atoms with Crippen molar-refractivity contribution in [1.82, 2.24) is 15.3 Å². The number of benzene rings is 1. The van der Waals surface area contributed by atoms with Gasteiger partial charge >= 0.3 is 0 Å². The Bertz CT molecular complexity index is 603. The molecule has 6 nitrogen and oxygen atoms in total. The van der Waals surface area contributed by atoms with E-state index in [2.05, 4.69) is 15.3 Å². The molecule has 6 heteroatoms. The second-order valence-corrected chi connectivity index (χ2v) is 4.59. The van der Waals surface area contributed by atoms with E-state index in [-0.39, 0.29) is 12.3 Å². The van der Waals surface area contributed by atoms with Gasteiger partial charge in [0.15, 0.2) is 0 Å². The van der Waals surface area contributed by atoms with Crippen molar-refractivity contribution in [3.63, 3.8) is 0 Å². The Morgan fingerprint density at radius 3 is 2.65 bits per heavy atom. The summed E-state index contributed by atoms with van der Waals surface area (Å²) in [6.07, 6.45) is 1.48. The Kier molecular flexibility index (Phi) is 4.60. The molecule has 0 radical (unpaired) electrons. The molecule has 0 spiro atoms. The van der Waals surface area contributed by atoms with Crippen LogP contribution in [0.25, 0.3) is 11.0 Å². The third kappa shape index (κ3) is 3.49. The predicted octanol–water partition coefficient (Wildman–Crippen LogP) is 0.550. The van der Waals surface area contributed by atoms with Crippen molar-refractivity contribution < 1.29 is 15.0 Å². The van der Waals surface area contributed by atoms with Gasteiger partial charge in [0, 0.05) is 25.9 Å². The Morgan fingerprint density at radius 2 is 1.95 bits per heavy atom. The fraction of sp³-hybridized carbons (Fsp3) is 0.357. The van der Waals surface area contributed by atoms with Gasteiger partial charge in [-0.25, -0.2) is 0 Å². The summed E-state index contributed by atoms with van der Waals surface area (Å²) >= 11 is 0. The summed E-state index contributed by atoms with van der Waals surface area (Å²) < 4.78 is 0. The molecule has 2 unspecified atom stereocenters. The van der Waals surface area contributed by atoms with Gasteiger partial charge in [0.05, 0.1) is 17.1 Å². The number of fused-ring (bicyclic) bond motifs is 1. The standard InChI is InChI=1S/C14H17N3O3/c1-9(18)15-5-4-13(19)14(20)10-2-3-11-12(8-10)17-7-6-16-11/h2-3,6-8,13-14,19-20H,4-5H2,1H3,(H,15,18). The highest BCUT2D eigenvalue weighted by atomic mass is 16.3. The molecule has 20 heavy (non-hydrogen) atoms. The van der Waals surface area contributed by atoms with Crippen LogP contribution < -0.4 is 5.32 Å². The molecular weight excluding hydrogens is 258 g/mol. The second kappa shape index (κ2) is 6.40. The van der Waals surface area contributed by atoms with E-state index in [1.165, 1.54) is 6.92 Å². The van der Waals surface area contributed by atoms with Crippen molar-refractivity contribution in [3.8, 4) is 0 Å². The maximum atomic E-state index is 10.7. The minimum Gasteiger partial charge on any atom is -0.390 e. The van der Waals surface area contributed by atoms with Crippen LogP contribution in [0.3, 0.4) is 0 Å². The third-order valence-corrected chi connectivity index (χ3v) is 3.01. The molecule has 0 saturated heterocycles. The molecule has 0 bridgehead atoms. The summed E-state index contributed by atoms with van der Waals surface area (Å²) in [5, 5.41) is 22.6. The molecule has 0 saturated carbocycles. The van der Waals surface area contributed by atoms with Crippen molar-refractivity contribution in [2.75, 3.05) is 6.54 Å². The van der Waals surface area contributed by atoms with E-state index in [9.17, 15) is 15.0 Å². The lowest BCUT2D eigenvalue weighted by Crippen LogP contribution is -2.27. The van der Waals surface area contributed by atoms with Gasteiger partial charge in [0.1, 0.15) is 6.10 Å². The number of amides is 1. The minimum atomic E-state index is -1.02. The molecule has 1 aromatic carbocycles. The maximum absolute atomic E-state index is 10.7. The van der Waals surface area contributed by atoms with Crippen LogP contribution in [0.1, 0.15) is 25.0 Å². The number of aliphatic hydroxyl groups excluding tert-OH is 2. The summed E-state index contributed by atoms with van der Waals surface area (Å²) in [7, 11) is 0. The van der Waals surface area contributed by atoms with Crippen molar-refractivity contribution in [2.24, 2.45) is 0 Å². The molecule has 2 rings (SSSR count). The van der Waals surface area contributed by atoms with E-state index >= 15 is 0 Å². The summed E-state index contributed by atoms with van der Waals surface area (Å²) in [6, 6.07) is 5.17. The van der Waals surface area contributed by atoms with Gasteiger partial charge in [-0.05, 0) is 24.1 Å². The van der Waals surface area contributed by atoms with Crippen LogP contribution in [0.4, 0.5) is 0 Å². The zero-order valence-corrected chi connectivity index (χ0v) is 11.2. The Morgan fingerprint density at radius 1 is 1.25 bits per heavy atom. The van der Waals surface area contributed by atoms with Crippen LogP contribution in [0, 0.1) is 0 Å². The number of carbonyl (C=O) groups is 1. The van der Waals surface area contributed by atoms with Gasteiger partial charge in [0.2, 0.25) is 5.91 Å². The van der Waals surface area contributed by atoms with Crippen LogP contribution in [0.5, 0.6) is 0 Å². The molecule has 2 atom stereocenters. The van der Waals surface area contributed by atoms with E-state index in [1.807, 2.05) is 0 Å². The molecule has 1 aromatic heterocycles. The molecule has 0 aliphatic rings. The monoisotopic (exact) mass is 275 g/mol. The summed E-state index contributed by atoms with van der Waals surface area (Å²) in [5.41, 5.74) is 1.97. The molecular formula is C14H17N3O3. The number of nitrogens with one attached hydrogen (secondary N) is 1. The number of carbonyl (C=O) groups excluding carboxylic acids is 1. The van der Waals surface area contributed by atoms with Gasteiger partial charge < -0.3 is 15.5 Å². The molecule has 106 valence electrons. The van der Waals surface area contributed by atoms with Crippen LogP contribution in [-0.4, -0.2) is 38.7 Å². The van der Waals surface area contributed by atoms with Crippen molar-refractivity contribution in [3.05, 3.63) is 36.2 Å². The lowest BCUT2D eigenvalue weighted by Gasteiger charge is -2.18. The number of hydrogen-bond acceptors (Lipinski definition) is 5. The molecule has 1 amide bonds. The van der Waals surface area contributed by atoms with Crippen LogP contribution >= 0.6 is 0 Å². The highest BCUT2D eigenvalue weighted by Crippen LogP contribution is 2.21. The minimum absolute atomic E-state index is 0.160. The lowest BCUT2D eigenvalue weighted by molar-refractivity contribution is -0.119. The van der Waals surface area contributed by atoms with Crippen LogP contribution in [0.2, 0.25) is 0 Å². The number of hydrogen-bond donors (Lipinski definition) is 3. The molecule has 0 aliphatic carbocycles. The maximum Gasteiger partial charge on any atom is 0.216 e. The summed E-state index contributed by atoms with van der Waals surface area (Å²) in [6.45, 7) is 1.73. The topological polar surface area (TPSA) is 95.3 Å². The predicted molar refractivity (Wildman–Crippen MR) is 73.8 cm³/mol. The number of aliphatic hydroxyl groups is 2. The van der Waals surface area contributed by atoms with E-state index in [1.54, 1.807) is 30.6 Å². The smallest absolute Gasteiger partial charge is 0.216 e. The fourth-order valence-electron chi connectivity index (χ4n) is 1.94. The first-order valence-electron chi connectivity index (χ1n) is 6.39. The average Bonchev–Trinajstić information content (AvgIpc) is 2.45. The first-order valence-corrected chi connectivity index (χ1v) is 6.39. The molecule has 1 heterocycles. The third-order valence-electron chi connectivity index (χ3n) is 3.01. The zero-order chi connectivity index (χ0) is 14.5. The highest BCUT2D eigenvalue weighted by Gasteiger charge is 2.18. The first-order chi connectivity index (χ1) is 9.58. The molecule has 3 N–H and O–H groups in total. The first kappa shape index (κ1) is 14.4. The Labute approximate surface area is 116 Å². The van der Waals surface area contributed by atoms with E-state index in [4.69, 9.17) is 0 Å². The van der Waals surface area contributed by atoms with Crippen LogP contribution in [-0.2, 0) is 4.79 Å². The summed E-state index contributed by atoms with van der Waals surface area (Å²) in [5.74, 6) is -0.160. The average molecular weight is 275 g/mol. The fourth-order valence-corrected chi connectivity index (χ4v) is 1.94. The zero-order valence-electron chi connectivity index (χ0n) is 11.2. The largest absolute Gasteiger partial charge is 0.390 e.